The highest BCUT2D eigenvalue weighted by atomic mass is 127. The minimum absolute atomic E-state index is 0. The predicted molar refractivity (Wildman–Crippen MR) is 76.3 cm³/mol. The minimum Gasteiger partial charge on any atom is -1.00 e. The van der Waals surface area contributed by atoms with Gasteiger partial charge in [-0.2, -0.15) is 0 Å². The van der Waals surface area contributed by atoms with Crippen LogP contribution >= 0.6 is 11.8 Å². The van der Waals surface area contributed by atoms with E-state index in [4.69, 9.17) is 0 Å². The number of pyridine rings is 1. The molecule has 1 aliphatic heterocycles. The van der Waals surface area contributed by atoms with Gasteiger partial charge >= 0.3 is 0 Å². The average molecular weight is 382 g/mol. The molecular weight excluding hydrogens is 367 g/mol. The molecule has 1 aromatic carbocycles. The molecule has 2 nitrogen and oxygen atoms in total. The molecule has 2 heterocycles. The monoisotopic (exact) mass is 382 g/mol. The lowest BCUT2D eigenvalue weighted by atomic mass is 10.3. The first kappa shape index (κ1) is 14.4. The van der Waals surface area contributed by atoms with E-state index < -0.39 is 0 Å². The standard InChI is InChI=1S/C15H15N2S.HI/c1-16-10-6-5-7-12(16)11-15-17(2)13-8-3-4-9-14(13)18-15;/h3-11H,1-2H3;1H/q+1;/p-1. The van der Waals surface area contributed by atoms with E-state index in [1.165, 1.54) is 21.3 Å². The van der Waals surface area contributed by atoms with Gasteiger partial charge in [0.2, 0.25) is 5.69 Å². The molecule has 4 heteroatoms. The molecule has 0 saturated carbocycles. The number of rotatable bonds is 1. The number of aromatic nitrogens is 1. The molecule has 0 bridgehead atoms. The summed E-state index contributed by atoms with van der Waals surface area (Å²) in [6.07, 6.45) is 4.30. The van der Waals surface area contributed by atoms with Gasteiger partial charge in [-0.25, -0.2) is 4.57 Å². The second kappa shape index (κ2) is 5.96. The normalized spacial score (nSPS) is 15.3. The Morgan fingerprint density at radius 2 is 1.84 bits per heavy atom. The number of para-hydroxylation sites is 1. The van der Waals surface area contributed by atoms with Crippen molar-refractivity contribution in [3.63, 3.8) is 0 Å². The molecule has 0 unspecified atom stereocenters. The first-order chi connectivity index (χ1) is 8.75. The van der Waals surface area contributed by atoms with Crippen LogP contribution in [0.4, 0.5) is 5.69 Å². The van der Waals surface area contributed by atoms with Crippen LogP contribution in [0.25, 0.3) is 6.08 Å². The van der Waals surface area contributed by atoms with Crippen molar-refractivity contribution in [2.24, 2.45) is 7.05 Å². The molecule has 98 valence electrons. The Kier molecular flexibility index (Phi) is 4.52. The maximum atomic E-state index is 2.24. The number of anilines is 1. The van der Waals surface area contributed by atoms with Crippen LogP contribution < -0.4 is 33.4 Å². The Balaban J connectivity index is 0.00000133. The maximum Gasteiger partial charge on any atom is 0.207 e. The minimum atomic E-state index is 0. The lowest BCUT2D eigenvalue weighted by Crippen LogP contribution is -3.00. The molecule has 1 aliphatic rings. The van der Waals surface area contributed by atoms with E-state index in [0.29, 0.717) is 0 Å². The topological polar surface area (TPSA) is 7.12 Å². The van der Waals surface area contributed by atoms with Gasteiger partial charge in [-0.1, -0.05) is 23.9 Å². The molecule has 0 atom stereocenters. The highest BCUT2D eigenvalue weighted by Gasteiger charge is 2.22. The van der Waals surface area contributed by atoms with Crippen LogP contribution in [0.15, 0.2) is 58.6 Å². The number of fused-ring (bicyclic) bond motifs is 1. The molecule has 0 N–H and O–H groups in total. The summed E-state index contributed by atoms with van der Waals surface area (Å²) in [5.74, 6) is 0. The van der Waals surface area contributed by atoms with E-state index in [2.05, 4.69) is 72.2 Å². The number of halogens is 1. The summed E-state index contributed by atoms with van der Waals surface area (Å²) in [4.78, 5) is 3.57. The van der Waals surface area contributed by atoms with Crippen LogP contribution in [0, 0.1) is 0 Å². The molecule has 2 aromatic rings. The largest absolute Gasteiger partial charge is 1.00 e. The number of benzene rings is 1. The van der Waals surface area contributed by atoms with Gasteiger partial charge in [-0.3, -0.25) is 0 Å². The van der Waals surface area contributed by atoms with Gasteiger partial charge in [0.25, 0.3) is 0 Å². The average Bonchev–Trinajstić information content (AvgIpc) is 2.70. The fourth-order valence-corrected chi connectivity index (χ4v) is 3.16. The number of aryl methyl sites for hydroxylation is 1. The van der Waals surface area contributed by atoms with Crippen molar-refractivity contribution in [1.29, 1.82) is 0 Å². The Labute approximate surface area is 135 Å². The Bertz CT molecular complexity index is 625. The van der Waals surface area contributed by atoms with Crippen molar-refractivity contribution in [1.82, 2.24) is 0 Å². The number of thioether (sulfide) groups is 1. The van der Waals surface area contributed by atoms with Gasteiger partial charge in [-0.15, -0.1) is 0 Å². The summed E-state index contributed by atoms with van der Waals surface area (Å²) in [7, 11) is 4.19. The lowest BCUT2D eigenvalue weighted by Gasteiger charge is -2.12. The van der Waals surface area contributed by atoms with Crippen molar-refractivity contribution in [3.8, 4) is 0 Å². The molecular formula is C15H15IN2S. The van der Waals surface area contributed by atoms with Crippen molar-refractivity contribution in [2.45, 2.75) is 4.90 Å². The second-order valence-corrected chi connectivity index (χ2v) is 5.41. The molecule has 0 amide bonds. The van der Waals surface area contributed by atoms with Crippen LogP contribution in [0.3, 0.4) is 0 Å². The van der Waals surface area contributed by atoms with Gasteiger partial charge in [0.1, 0.15) is 7.05 Å². The van der Waals surface area contributed by atoms with Crippen LogP contribution in [0.1, 0.15) is 5.69 Å². The second-order valence-electron chi connectivity index (χ2n) is 4.35. The van der Waals surface area contributed by atoms with Crippen molar-refractivity contribution >= 4 is 23.5 Å². The SMILES string of the molecule is CN1/C(=C/c2cccc[n+]2C)Sc2ccccc21.[I-]. The quantitative estimate of drug-likeness (QED) is 0.509. The fourth-order valence-electron chi connectivity index (χ4n) is 2.06. The Morgan fingerprint density at radius 3 is 2.58 bits per heavy atom. The molecule has 0 spiro atoms. The third-order valence-electron chi connectivity index (χ3n) is 3.14. The highest BCUT2D eigenvalue weighted by Crippen LogP contribution is 2.45. The Hall–Kier alpha value is -1.01. The number of hydrogen-bond acceptors (Lipinski definition) is 2. The molecule has 3 rings (SSSR count). The van der Waals surface area contributed by atoms with Crippen molar-refractivity contribution in [2.75, 3.05) is 11.9 Å². The third kappa shape index (κ3) is 2.79. The van der Waals surface area contributed by atoms with Gasteiger partial charge in [0, 0.05) is 30.2 Å². The predicted octanol–water partition coefficient (Wildman–Crippen LogP) is 0.0556. The number of nitrogens with zero attached hydrogens (tertiary/aromatic N) is 2. The maximum absolute atomic E-state index is 2.24. The summed E-state index contributed by atoms with van der Waals surface area (Å²) in [5, 5.41) is 1.26. The molecule has 0 aliphatic carbocycles. The third-order valence-corrected chi connectivity index (χ3v) is 4.30. The van der Waals surface area contributed by atoms with Gasteiger partial charge < -0.3 is 28.9 Å². The first-order valence-electron chi connectivity index (χ1n) is 5.93. The summed E-state index contributed by atoms with van der Waals surface area (Å²) in [6, 6.07) is 14.7. The zero-order valence-corrected chi connectivity index (χ0v) is 13.9. The first-order valence-corrected chi connectivity index (χ1v) is 6.74. The van der Waals surface area contributed by atoms with Crippen LogP contribution in [-0.4, -0.2) is 7.05 Å². The molecule has 0 saturated heterocycles. The van der Waals surface area contributed by atoms with Crippen molar-refractivity contribution in [3.05, 3.63) is 59.4 Å². The van der Waals surface area contributed by atoms with Gasteiger partial charge in [0.15, 0.2) is 6.20 Å². The Morgan fingerprint density at radius 1 is 1.11 bits per heavy atom. The summed E-state index contributed by atoms with van der Waals surface area (Å²) in [5.41, 5.74) is 2.49. The fraction of sp³-hybridized carbons (Fsp3) is 0.133. The van der Waals surface area contributed by atoms with E-state index in [1.54, 1.807) is 0 Å². The lowest BCUT2D eigenvalue weighted by molar-refractivity contribution is -0.673. The van der Waals surface area contributed by atoms with E-state index in [1.807, 2.05) is 17.8 Å². The summed E-state index contributed by atoms with van der Waals surface area (Å²) >= 11 is 1.82. The molecule has 0 fully saturated rings. The van der Waals surface area contributed by atoms with E-state index in [9.17, 15) is 0 Å². The smallest absolute Gasteiger partial charge is 0.207 e. The molecule has 19 heavy (non-hydrogen) atoms. The van der Waals surface area contributed by atoms with E-state index >= 15 is 0 Å². The van der Waals surface area contributed by atoms with Crippen LogP contribution in [0.2, 0.25) is 0 Å². The van der Waals surface area contributed by atoms with E-state index in [0.717, 1.165) is 0 Å². The number of hydrogen-bond donors (Lipinski definition) is 0. The summed E-state index contributed by atoms with van der Waals surface area (Å²) in [6.45, 7) is 0. The summed E-state index contributed by atoms with van der Waals surface area (Å²) < 4.78 is 2.13. The van der Waals surface area contributed by atoms with Crippen LogP contribution in [-0.2, 0) is 7.05 Å². The van der Waals surface area contributed by atoms with Crippen molar-refractivity contribution < 1.29 is 28.5 Å². The zero-order valence-electron chi connectivity index (χ0n) is 10.9. The molecule has 0 radical (unpaired) electrons. The van der Waals surface area contributed by atoms with Gasteiger partial charge in [-0.05, 0) is 18.2 Å². The molecule has 1 aromatic heterocycles. The van der Waals surface area contributed by atoms with Crippen LogP contribution in [0.5, 0.6) is 0 Å². The zero-order chi connectivity index (χ0) is 12.5. The van der Waals surface area contributed by atoms with E-state index in [-0.39, 0.29) is 24.0 Å². The highest BCUT2D eigenvalue weighted by molar-refractivity contribution is 8.03. The van der Waals surface area contributed by atoms with Gasteiger partial charge in [0.05, 0.1) is 10.7 Å².